The van der Waals surface area contributed by atoms with Gasteiger partial charge in [-0.3, -0.25) is 0 Å². The van der Waals surface area contributed by atoms with Gasteiger partial charge in [0.15, 0.2) is 0 Å². The van der Waals surface area contributed by atoms with E-state index in [1.54, 1.807) is 7.11 Å². The molecule has 0 heterocycles. The SMILES string of the molecule is CNC(C)c1c(OC)cccc1OC(C)CC(C)C. The van der Waals surface area contributed by atoms with Crippen LogP contribution in [0.2, 0.25) is 0 Å². The molecule has 1 aromatic rings. The van der Waals surface area contributed by atoms with E-state index in [1.165, 1.54) is 0 Å². The maximum atomic E-state index is 6.10. The molecule has 0 aliphatic heterocycles. The molecule has 0 saturated heterocycles. The van der Waals surface area contributed by atoms with Gasteiger partial charge in [-0.25, -0.2) is 0 Å². The van der Waals surface area contributed by atoms with Gasteiger partial charge in [-0.2, -0.15) is 0 Å². The van der Waals surface area contributed by atoms with Crippen molar-refractivity contribution < 1.29 is 9.47 Å². The van der Waals surface area contributed by atoms with Gasteiger partial charge in [0.05, 0.1) is 18.8 Å². The average Bonchev–Trinajstić information content (AvgIpc) is 2.36. The molecule has 3 heteroatoms. The molecule has 0 radical (unpaired) electrons. The Hall–Kier alpha value is -1.22. The fraction of sp³-hybridized carbons (Fsp3) is 0.625. The van der Waals surface area contributed by atoms with Crippen LogP contribution in [0.3, 0.4) is 0 Å². The van der Waals surface area contributed by atoms with Gasteiger partial charge in [0, 0.05) is 6.04 Å². The molecule has 2 unspecified atom stereocenters. The van der Waals surface area contributed by atoms with Gasteiger partial charge in [-0.05, 0) is 45.4 Å². The van der Waals surface area contributed by atoms with Crippen molar-refractivity contribution in [2.24, 2.45) is 5.92 Å². The van der Waals surface area contributed by atoms with Crippen LogP contribution >= 0.6 is 0 Å². The third kappa shape index (κ3) is 4.43. The smallest absolute Gasteiger partial charge is 0.128 e. The first-order chi connectivity index (χ1) is 8.99. The number of rotatable bonds is 7. The average molecular weight is 265 g/mol. The Morgan fingerprint density at radius 2 is 1.74 bits per heavy atom. The van der Waals surface area contributed by atoms with E-state index < -0.39 is 0 Å². The molecule has 0 aliphatic rings. The highest BCUT2D eigenvalue weighted by Crippen LogP contribution is 2.34. The molecule has 0 amide bonds. The molecular formula is C16H27NO2. The van der Waals surface area contributed by atoms with Crippen molar-refractivity contribution in [1.29, 1.82) is 0 Å². The highest BCUT2D eigenvalue weighted by molar-refractivity contribution is 5.46. The number of hydrogen-bond acceptors (Lipinski definition) is 3. The fourth-order valence-corrected chi connectivity index (χ4v) is 2.30. The summed E-state index contributed by atoms with van der Waals surface area (Å²) >= 11 is 0. The summed E-state index contributed by atoms with van der Waals surface area (Å²) in [6.07, 6.45) is 1.25. The molecule has 1 rings (SSSR count). The zero-order chi connectivity index (χ0) is 14.4. The summed E-state index contributed by atoms with van der Waals surface area (Å²) in [6.45, 7) is 8.65. The molecule has 3 nitrogen and oxygen atoms in total. The molecule has 0 aromatic heterocycles. The first-order valence-corrected chi connectivity index (χ1v) is 7.00. The normalized spacial score (nSPS) is 14.3. The second kappa shape index (κ2) is 7.39. The number of hydrogen-bond donors (Lipinski definition) is 1. The fourth-order valence-electron chi connectivity index (χ4n) is 2.30. The number of nitrogens with one attached hydrogen (secondary N) is 1. The second-order valence-electron chi connectivity index (χ2n) is 5.44. The lowest BCUT2D eigenvalue weighted by Crippen LogP contribution is -2.19. The van der Waals surface area contributed by atoms with Crippen LogP contribution < -0.4 is 14.8 Å². The van der Waals surface area contributed by atoms with Crippen molar-refractivity contribution >= 4 is 0 Å². The predicted octanol–water partition coefficient (Wildman–Crippen LogP) is 3.79. The molecule has 19 heavy (non-hydrogen) atoms. The Morgan fingerprint density at radius 1 is 1.11 bits per heavy atom. The summed E-state index contributed by atoms with van der Waals surface area (Å²) in [5, 5.41) is 3.25. The van der Waals surface area contributed by atoms with Gasteiger partial charge >= 0.3 is 0 Å². The zero-order valence-electron chi connectivity index (χ0n) is 13.0. The lowest BCUT2D eigenvalue weighted by Gasteiger charge is -2.23. The summed E-state index contributed by atoms with van der Waals surface area (Å²) in [5.74, 6) is 2.41. The molecule has 0 aliphatic carbocycles. The van der Waals surface area contributed by atoms with Gasteiger partial charge < -0.3 is 14.8 Å². The molecule has 108 valence electrons. The first-order valence-electron chi connectivity index (χ1n) is 7.00. The minimum Gasteiger partial charge on any atom is -0.496 e. The van der Waals surface area contributed by atoms with Crippen molar-refractivity contribution in [2.45, 2.75) is 46.3 Å². The third-order valence-electron chi connectivity index (χ3n) is 3.24. The van der Waals surface area contributed by atoms with Crippen LogP contribution in [0.4, 0.5) is 0 Å². The summed E-state index contributed by atoms with van der Waals surface area (Å²) in [4.78, 5) is 0. The predicted molar refractivity (Wildman–Crippen MR) is 80.0 cm³/mol. The van der Waals surface area contributed by atoms with Crippen LogP contribution in [-0.4, -0.2) is 20.3 Å². The van der Waals surface area contributed by atoms with Crippen molar-refractivity contribution in [2.75, 3.05) is 14.2 Å². The standard InChI is InChI=1S/C16H27NO2/c1-11(2)10-12(3)19-15-9-7-8-14(18-6)16(15)13(4)17-5/h7-9,11-13,17H,10H2,1-6H3. The minimum atomic E-state index is 0.192. The van der Waals surface area contributed by atoms with E-state index in [0.29, 0.717) is 5.92 Å². The van der Waals surface area contributed by atoms with Crippen LogP contribution in [0.15, 0.2) is 18.2 Å². The van der Waals surface area contributed by atoms with Crippen LogP contribution in [0, 0.1) is 5.92 Å². The Bertz CT molecular complexity index is 390. The highest BCUT2D eigenvalue weighted by Gasteiger charge is 2.18. The quantitative estimate of drug-likeness (QED) is 0.813. The van der Waals surface area contributed by atoms with E-state index in [1.807, 2.05) is 25.2 Å². The molecule has 1 aromatic carbocycles. The van der Waals surface area contributed by atoms with E-state index in [0.717, 1.165) is 23.5 Å². The Balaban J connectivity index is 2.99. The van der Waals surface area contributed by atoms with Crippen molar-refractivity contribution in [3.05, 3.63) is 23.8 Å². The van der Waals surface area contributed by atoms with Gasteiger partial charge in [-0.15, -0.1) is 0 Å². The lowest BCUT2D eigenvalue weighted by atomic mass is 10.0. The molecule has 1 N–H and O–H groups in total. The summed E-state index contributed by atoms with van der Waals surface area (Å²) < 4.78 is 11.6. The summed E-state index contributed by atoms with van der Waals surface area (Å²) in [5.41, 5.74) is 1.09. The van der Waals surface area contributed by atoms with Crippen molar-refractivity contribution in [1.82, 2.24) is 5.32 Å². The molecular weight excluding hydrogens is 238 g/mol. The zero-order valence-corrected chi connectivity index (χ0v) is 13.0. The monoisotopic (exact) mass is 265 g/mol. The van der Waals surface area contributed by atoms with Gasteiger partial charge in [0.25, 0.3) is 0 Å². The maximum absolute atomic E-state index is 6.10. The maximum Gasteiger partial charge on any atom is 0.128 e. The molecule has 0 saturated carbocycles. The highest BCUT2D eigenvalue weighted by atomic mass is 16.5. The topological polar surface area (TPSA) is 30.5 Å². The largest absolute Gasteiger partial charge is 0.496 e. The molecule has 2 atom stereocenters. The van der Waals surface area contributed by atoms with Crippen LogP contribution in [-0.2, 0) is 0 Å². The van der Waals surface area contributed by atoms with E-state index in [9.17, 15) is 0 Å². The molecule has 0 fully saturated rings. The summed E-state index contributed by atoms with van der Waals surface area (Å²) in [7, 11) is 3.64. The number of methoxy groups -OCH3 is 1. The van der Waals surface area contributed by atoms with Gasteiger partial charge in [0.2, 0.25) is 0 Å². The number of ether oxygens (including phenoxy) is 2. The van der Waals surface area contributed by atoms with Crippen molar-refractivity contribution in [3.63, 3.8) is 0 Å². The second-order valence-corrected chi connectivity index (χ2v) is 5.44. The van der Waals surface area contributed by atoms with E-state index in [-0.39, 0.29) is 12.1 Å². The lowest BCUT2D eigenvalue weighted by molar-refractivity contribution is 0.189. The minimum absolute atomic E-state index is 0.192. The van der Waals surface area contributed by atoms with E-state index >= 15 is 0 Å². The Labute approximate surface area is 117 Å². The Morgan fingerprint density at radius 3 is 2.26 bits per heavy atom. The van der Waals surface area contributed by atoms with Crippen LogP contribution in [0.1, 0.15) is 45.7 Å². The Kier molecular flexibility index (Phi) is 6.16. The van der Waals surface area contributed by atoms with E-state index in [4.69, 9.17) is 9.47 Å². The van der Waals surface area contributed by atoms with Crippen LogP contribution in [0.25, 0.3) is 0 Å². The molecule has 0 spiro atoms. The van der Waals surface area contributed by atoms with Crippen LogP contribution in [0.5, 0.6) is 11.5 Å². The first kappa shape index (κ1) is 15.8. The van der Waals surface area contributed by atoms with Gasteiger partial charge in [-0.1, -0.05) is 19.9 Å². The summed E-state index contributed by atoms with van der Waals surface area (Å²) in [6, 6.07) is 6.16. The number of benzene rings is 1. The van der Waals surface area contributed by atoms with E-state index in [2.05, 4.69) is 33.0 Å². The third-order valence-corrected chi connectivity index (χ3v) is 3.24. The molecule has 0 bridgehead atoms. The van der Waals surface area contributed by atoms with Crippen molar-refractivity contribution in [3.8, 4) is 11.5 Å². The van der Waals surface area contributed by atoms with Gasteiger partial charge in [0.1, 0.15) is 11.5 Å².